The molecule has 0 bridgehead atoms. The Morgan fingerprint density at radius 3 is 2.25 bits per heavy atom. The van der Waals surface area contributed by atoms with Gasteiger partial charge in [0.05, 0.1) is 12.5 Å². The normalized spacial score (nSPS) is 17.3. The number of piperazine rings is 1. The average molecular weight is 664 g/mol. The zero-order valence-electron chi connectivity index (χ0n) is 28.4. The molecule has 1 aromatic heterocycles. The summed E-state index contributed by atoms with van der Waals surface area (Å²) >= 11 is 0. The van der Waals surface area contributed by atoms with Gasteiger partial charge in [-0.1, -0.05) is 19.9 Å². The number of aliphatic carboxylic acids is 1. The molecule has 258 valence electrons. The number of carbonyl (C=O) groups excluding carboxylic acids is 1. The third kappa shape index (κ3) is 8.56. The van der Waals surface area contributed by atoms with Crippen molar-refractivity contribution in [2.75, 3.05) is 31.1 Å². The van der Waals surface area contributed by atoms with Crippen LogP contribution in [0.5, 0.6) is 0 Å². The first-order valence-electron chi connectivity index (χ1n) is 16.8. The molecular weight excluding hydrogens is 616 g/mol. The lowest BCUT2D eigenvalue weighted by Crippen LogP contribution is -2.52. The van der Waals surface area contributed by atoms with Crippen LogP contribution in [0.2, 0.25) is 0 Å². The van der Waals surface area contributed by atoms with Crippen LogP contribution in [0.15, 0.2) is 42.5 Å². The number of rotatable bonds is 13. The van der Waals surface area contributed by atoms with Gasteiger partial charge in [-0.3, -0.25) is 19.8 Å². The number of nitrogens with zero attached hydrogens (tertiary/aromatic N) is 3. The summed E-state index contributed by atoms with van der Waals surface area (Å²) in [5.74, 6) is -1.88. The number of hydrogen-bond acceptors (Lipinski definition) is 7. The molecule has 4 N–H and O–H groups in total. The van der Waals surface area contributed by atoms with Crippen molar-refractivity contribution in [3.8, 4) is 11.1 Å². The molecule has 1 saturated heterocycles. The van der Waals surface area contributed by atoms with Gasteiger partial charge < -0.3 is 20.4 Å². The number of hydrogen-bond donors (Lipinski definition) is 4. The van der Waals surface area contributed by atoms with Crippen LogP contribution in [-0.4, -0.2) is 76.5 Å². The minimum absolute atomic E-state index is 0.0541. The summed E-state index contributed by atoms with van der Waals surface area (Å²) < 4.78 is 29.8. The number of aliphatic hydroxyl groups excluding tert-OH is 1. The van der Waals surface area contributed by atoms with Gasteiger partial charge in [0.25, 0.3) is 5.91 Å². The molecular formula is C37H47F2N5O4. The molecule has 1 aliphatic carbocycles. The molecule has 1 saturated carbocycles. The quantitative estimate of drug-likeness (QED) is 0.177. The molecule has 48 heavy (non-hydrogen) atoms. The standard InChI is InChI=1S/C37H47F2N5O4/c1-21(2)15-31(42-36(47)29-7-6-8-32(40-29)44-13-11-43(12-14-44)27-9-10-27)37(48)41-30(20-33(45)46)28-19-25(16-24(5)35(28)39)34-22(3)17-26(38)18-23(34)4/h6-8,16-19,21,27,30-31,37,41,48H,9-15,20H2,1-5H3,(H,42,47)(H,45,46)/t30-,31-,37?/m0/s1. The van der Waals surface area contributed by atoms with Crippen molar-refractivity contribution >= 4 is 17.7 Å². The molecule has 0 radical (unpaired) electrons. The lowest BCUT2D eigenvalue weighted by Gasteiger charge is -2.35. The number of pyridine rings is 1. The predicted octanol–water partition coefficient (Wildman–Crippen LogP) is 5.50. The summed E-state index contributed by atoms with van der Waals surface area (Å²) in [5, 5.41) is 27.1. The van der Waals surface area contributed by atoms with Crippen LogP contribution < -0.4 is 15.5 Å². The van der Waals surface area contributed by atoms with Crippen LogP contribution in [0, 0.1) is 38.3 Å². The van der Waals surface area contributed by atoms with Crippen molar-refractivity contribution in [1.82, 2.24) is 20.5 Å². The fourth-order valence-electron chi connectivity index (χ4n) is 6.81. The number of benzene rings is 2. The molecule has 2 fully saturated rings. The molecule has 2 aromatic carbocycles. The number of aromatic nitrogens is 1. The fourth-order valence-corrected chi connectivity index (χ4v) is 6.81. The van der Waals surface area contributed by atoms with Gasteiger partial charge in [-0.25, -0.2) is 13.8 Å². The molecule has 3 aromatic rings. The highest BCUT2D eigenvalue weighted by Crippen LogP contribution is 2.34. The molecule has 3 atom stereocenters. The second-order valence-electron chi connectivity index (χ2n) is 13.7. The van der Waals surface area contributed by atoms with Crippen LogP contribution >= 0.6 is 0 Å². The van der Waals surface area contributed by atoms with Crippen molar-refractivity contribution in [2.45, 2.75) is 84.7 Å². The summed E-state index contributed by atoms with van der Waals surface area (Å²) in [7, 11) is 0. The van der Waals surface area contributed by atoms with Crippen molar-refractivity contribution in [3.05, 3.63) is 82.0 Å². The highest BCUT2D eigenvalue weighted by atomic mass is 19.1. The van der Waals surface area contributed by atoms with Gasteiger partial charge in [0.15, 0.2) is 0 Å². The van der Waals surface area contributed by atoms with E-state index in [1.807, 2.05) is 19.9 Å². The largest absolute Gasteiger partial charge is 0.481 e. The number of anilines is 1. The Morgan fingerprint density at radius 1 is 0.979 bits per heavy atom. The molecule has 5 rings (SSSR count). The van der Waals surface area contributed by atoms with Crippen LogP contribution in [0.4, 0.5) is 14.6 Å². The van der Waals surface area contributed by atoms with Crippen LogP contribution in [-0.2, 0) is 4.79 Å². The maximum atomic E-state index is 15.8. The van der Waals surface area contributed by atoms with Crippen LogP contribution in [0.1, 0.15) is 78.3 Å². The second kappa shape index (κ2) is 15.1. The Morgan fingerprint density at radius 2 is 1.65 bits per heavy atom. The van der Waals surface area contributed by atoms with E-state index in [0.717, 1.165) is 37.6 Å². The van der Waals surface area contributed by atoms with E-state index in [1.54, 1.807) is 45.0 Å². The molecule has 1 aliphatic heterocycles. The van der Waals surface area contributed by atoms with Crippen molar-refractivity contribution < 1.29 is 28.6 Å². The van der Waals surface area contributed by atoms with Crippen molar-refractivity contribution in [3.63, 3.8) is 0 Å². The van der Waals surface area contributed by atoms with E-state index in [-0.39, 0.29) is 28.6 Å². The number of aryl methyl sites for hydroxylation is 3. The van der Waals surface area contributed by atoms with E-state index in [1.165, 1.54) is 25.0 Å². The highest BCUT2D eigenvalue weighted by molar-refractivity contribution is 5.93. The number of carboxylic acids is 1. The molecule has 1 unspecified atom stereocenters. The third-order valence-corrected chi connectivity index (χ3v) is 9.29. The molecule has 0 spiro atoms. The Kier molecular flexibility index (Phi) is 11.1. The monoisotopic (exact) mass is 663 g/mol. The first-order valence-corrected chi connectivity index (χ1v) is 16.8. The van der Waals surface area contributed by atoms with Gasteiger partial charge in [0.2, 0.25) is 0 Å². The average Bonchev–Trinajstić information content (AvgIpc) is 3.87. The SMILES string of the molecule is Cc1cc(-c2c(C)cc(F)cc2C)cc([C@H](CC(=O)O)NC(O)[C@H](CC(C)C)NC(=O)c2cccc(N3CCN(C4CC4)CC3)n2)c1F. The van der Waals surface area contributed by atoms with Crippen LogP contribution in [0.3, 0.4) is 0 Å². The summed E-state index contributed by atoms with van der Waals surface area (Å²) in [6, 6.07) is 10.0. The van der Waals surface area contributed by atoms with Gasteiger partial charge in [0.1, 0.15) is 29.4 Å². The smallest absolute Gasteiger partial charge is 0.305 e. The number of aliphatic hydroxyl groups is 1. The van der Waals surface area contributed by atoms with E-state index < -0.39 is 42.4 Å². The van der Waals surface area contributed by atoms with E-state index in [2.05, 4.69) is 25.4 Å². The molecule has 1 amide bonds. The summed E-state index contributed by atoms with van der Waals surface area (Å²) in [6.07, 6.45) is 0.937. The summed E-state index contributed by atoms with van der Waals surface area (Å²) in [4.78, 5) is 34.9. The van der Waals surface area contributed by atoms with Gasteiger partial charge in [0, 0.05) is 43.8 Å². The van der Waals surface area contributed by atoms with Gasteiger partial charge >= 0.3 is 5.97 Å². The van der Waals surface area contributed by atoms with Gasteiger partial charge in [-0.2, -0.15) is 0 Å². The number of carboxylic acid groups (broad SMARTS) is 1. The molecule has 2 heterocycles. The minimum Gasteiger partial charge on any atom is -0.481 e. The summed E-state index contributed by atoms with van der Waals surface area (Å²) in [6.45, 7) is 12.6. The first-order chi connectivity index (χ1) is 22.8. The number of carbonyl (C=O) groups is 2. The highest BCUT2D eigenvalue weighted by Gasteiger charge is 2.32. The zero-order valence-corrected chi connectivity index (χ0v) is 28.4. The minimum atomic E-state index is -1.42. The van der Waals surface area contributed by atoms with E-state index >= 15 is 4.39 Å². The zero-order chi connectivity index (χ0) is 34.7. The van der Waals surface area contributed by atoms with Gasteiger partial charge in [-0.15, -0.1) is 0 Å². The Hall–Kier alpha value is -3.93. The second-order valence-corrected chi connectivity index (χ2v) is 13.7. The van der Waals surface area contributed by atoms with Crippen molar-refractivity contribution in [2.24, 2.45) is 5.92 Å². The lowest BCUT2D eigenvalue weighted by atomic mass is 9.90. The van der Waals surface area contributed by atoms with E-state index in [9.17, 15) is 24.2 Å². The van der Waals surface area contributed by atoms with Crippen LogP contribution in [0.25, 0.3) is 11.1 Å². The molecule has 9 nitrogen and oxygen atoms in total. The van der Waals surface area contributed by atoms with E-state index in [4.69, 9.17) is 0 Å². The maximum absolute atomic E-state index is 15.8. The topological polar surface area (TPSA) is 118 Å². The summed E-state index contributed by atoms with van der Waals surface area (Å²) in [5.41, 5.74) is 3.19. The number of nitrogens with one attached hydrogen (secondary N) is 2. The Labute approximate surface area is 281 Å². The lowest BCUT2D eigenvalue weighted by molar-refractivity contribution is -0.137. The Balaban J connectivity index is 1.36. The number of halogens is 2. The fraction of sp³-hybridized carbons (Fsp3) is 0.486. The van der Waals surface area contributed by atoms with E-state index in [0.29, 0.717) is 29.2 Å². The molecule has 2 aliphatic rings. The number of amides is 1. The third-order valence-electron chi connectivity index (χ3n) is 9.29. The van der Waals surface area contributed by atoms with Crippen molar-refractivity contribution in [1.29, 1.82) is 0 Å². The first kappa shape index (κ1) is 35.4. The predicted molar refractivity (Wildman–Crippen MR) is 182 cm³/mol. The Bertz CT molecular complexity index is 1610. The van der Waals surface area contributed by atoms with Gasteiger partial charge in [-0.05, 0) is 110 Å². The maximum Gasteiger partial charge on any atom is 0.305 e. The molecule has 11 heteroatoms.